The average molecular weight is 311 g/mol. The van der Waals surface area contributed by atoms with E-state index >= 15 is 0 Å². The van der Waals surface area contributed by atoms with Crippen LogP contribution in [0.15, 0.2) is 17.6 Å². The van der Waals surface area contributed by atoms with Crippen molar-refractivity contribution in [2.24, 2.45) is 0 Å². The Morgan fingerprint density at radius 3 is 2.85 bits per heavy atom. The minimum absolute atomic E-state index is 0.691. The molecule has 2 heterocycles. The standard InChI is InChI=1S/C14H19ClN4S/c1-4-16-7-12-11(15)5-6-14(18-12)19(3)8-13-10(2)17-9-20-13/h5-6,9,16H,4,7-8H2,1-3H3. The molecule has 0 unspecified atom stereocenters. The number of rotatable bonds is 6. The molecule has 0 aliphatic carbocycles. The molecule has 0 fully saturated rings. The number of hydrogen-bond donors (Lipinski definition) is 1. The van der Waals surface area contributed by atoms with Gasteiger partial charge in [0.05, 0.1) is 28.5 Å². The molecule has 4 nitrogen and oxygen atoms in total. The quantitative estimate of drug-likeness (QED) is 0.889. The molecule has 2 aromatic heterocycles. The summed E-state index contributed by atoms with van der Waals surface area (Å²) in [6.45, 7) is 6.50. The summed E-state index contributed by atoms with van der Waals surface area (Å²) < 4.78 is 0. The van der Waals surface area contributed by atoms with Crippen LogP contribution in [0.1, 0.15) is 23.2 Å². The van der Waals surface area contributed by atoms with Crippen LogP contribution in [0.4, 0.5) is 5.82 Å². The third-order valence-electron chi connectivity index (χ3n) is 3.06. The van der Waals surface area contributed by atoms with Gasteiger partial charge in [-0.15, -0.1) is 11.3 Å². The van der Waals surface area contributed by atoms with Gasteiger partial charge in [0.15, 0.2) is 0 Å². The Balaban J connectivity index is 2.13. The maximum atomic E-state index is 6.18. The van der Waals surface area contributed by atoms with Crippen LogP contribution in [0.2, 0.25) is 5.02 Å². The zero-order valence-corrected chi connectivity index (χ0v) is 13.6. The van der Waals surface area contributed by atoms with E-state index in [4.69, 9.17) is 11.6 Å². The molecule has 2 rings (SSSR count). The lowest BCUT2D eigenvalue weighted by atomic mass is 10.3. The molecule has 1 N–H and O–H groups in total. The molecule has 6 heteroatoms. The Labute approximate surface area is 128 Å². The van der Waals surface area contributed by atoms with E-state index in [0.29, 0.717) is 11.6 Å². The third-order valence-corrected chi connectivity index (χ3v) is 4.33. The second-order valence-corrected chi connectivity index (χ2v) is 5.94. The van der Waals surface area contributed by atoms with Crippen molar-refractivity contribution in [3.63, 3.8) is 0 Å². The lowest BCUT2D eigenvalue weighted by molar-refractivity contribution is 0.709. The van der Waals surface area contributed by atoms with Crippen molar-refractivity contribution in [1.29, 1.82) is 0 Å². The monoisotopic (exact) mass is 310 g/mol. The summed E-state index contributed by atoms with van der Waals surface area (Å²) in [6, 6.07) is 3.86. The Kier molecular flexibility index (Phi) is 5.34. The summed E-state index contributed by atoms with van der Waals surface area (Å²) in [7, 11) is 2.03. The summed E-state index contributed by atoms with van der Waals surface area (Å²) in [5, 5.41) is 3.96. The van der Waals surface area contributed by atoms with Gasteiger partial charge in [-0.3, -0.25) is 0 Å². The molecule has 2 aromatic rings. The van der Waals surface area contributed by atoms with Gasteiger partial charge in [0.25, 0.3) is 0 Å². The van der Waals surface area contributed by atoms with Crippen LogP contribution in [0.5, 0.6) is 0 Å². The molecule has 0 bridgehead atoms. The van der Waals surface area contributed by atoms with Crippen molar-refractivity contribution in [2.75, 3.05) is 18.5 Å². The molecule has 0 saturated carbocycles. The van der Waals surface area contributed by atoms with E-state index in [1.807, 2.05) is 31.6 Å². The summed E-state index contributed by atoms with van der Waals surface area (Å²) in [4.78, 5) is 12.3. The zero-order chi connectivity index (χ0) is 14.5. The fraction of sp³-hybridized carbons (Fsp3) is 0.429. The number of aromatic nitrogens is 2. The summed E-state index contributed by atoms with van der Waals surface area (Å²) in [5.74, 6) is 0.926. The van der Waals surface area contributed by atoms with E-state index in [1.54, 1.807) is 11.3 Å². The van der Waals surface area contributed by atoms with Crippen LogP contribution in [-0.2, 0) is 13.1 Å². The van der Waals surface area contributed by atoms with Crippen molar-refractivity contribution < 1.29 is 0 Å². The molecule has 0 spiro atoms. The van der Waals surface area contributed by atoms with Crippen LogP contribution in [0.3, 0.4) is 0 Å². The smallest absolute Gasteiger partial charge is 0.129 e. The first-order valence-electron chi connectivity index (χ1n) is 6.58. The fourth-order valence-corrected chi connectivity index (χ4v) is 2.83. The molecule has 0 atom stereocenters. The van der Waals surface area contributed by atoms with E-state index in [2.05, 4.69) is 27.1 Å². The molecule has 0 aliphatic rings. The Morgan fingerprint density at radius 1 is 1.40 bits per heavy atom. The van der Waals surface area contributed by atoms with Crippen molar-refractivity contribution in [1.82, 2.24) is 15.3 Å². The lowest BCUT2D eigenvalue weighted by Crippen LogP contribution is -2.19. The van der Waals surface area contributed by atoms with Gasteiger partial charge in [-0.05, 0) is 25.6 Å². The SMILES string of the molecule is CCNCc1nc(N(C)Cc2scnc2C)ccc1Cl. The lowest BCUT2D eigenvalue weighted by Gasteiger charge is -2.19. The van der Waals surface area contributed by atoms with Crippen molar-refractivity contribution in [3.05, 3.63) is 38.9 Å². The highest BCUT2D eigenvalue weighted by Crippen LogP contribution is 2.21. The van der Waals surface area contributed by atoms with E-state index in [1.165, 1.54) is 4.88 Å². The fourth-order valence-electron chi connectivity index (χ4n) is 1.83. The van der Waals surface area contributed by atoms with Gasteiger partial charge in [0, 0.05) is 18.5 Å². The average Bonchev–Trinajstić information content (AvgIpc) is 2.83. The first-order chi connectivity index (χ1) is 9.61. The largest absolute Gasteiger partial charge is 0.354 e. The predicted molar refractivity (Wildman–Crippen MR) is 85.6 cm³/mol. The van der Waals surface area contributed by atoms with Gasteiger partial charge >= 0.3 is 0 Å². The summed E-state index contributed by atoms with van der Waals surface area (Å²) in [6.07, 6.45) is 0. The number of halogens is 1. The van der Waals surface area contributed by atoms with Gasteiger partial charge in [0.1, 0.15) is 5.82 Å². The molecule has 20 heavy (non-hydrogen) atoms. The highest BCUT2D eigenvalue weighted by atomic mass is 35.5. The number of aryl methyl sites for hydroxylation is 1. The van der Waals surface area contributed by atoms with Crippen molar-refractivity contribution in [3.8, 4) is 0 Å². The Hall–Kier alpha value is -1.17. The number of hydrogen-bond acceptors (Lipinski definition) is 5. The van der Waals surface area contributed by atoms with E-state index in [9.17, 15) is 0 Å². The van der Waals surface area contributed by atoms with Crippen LogP contribution < -0.4 is 10.2 Å². The van der Waals surface area contributed by atoms with Crippen LogP contribution >= 0.6 is 22.9 Å². The van der Waals surface area contributed by atoms with Gasteiger partial charge < -0.3 is 10.2 Å². The molecule has 0 aliphatic heterocycles. The number of nitrogens with zero attached hydrogens (tertiary/aromatic N) is 3. The van der Waals surface area contributed by atoms with Gasteiger partial charge in [-0.1, -0.05) is 18.5 Å². The molecule has 0 radical (unpaired) electrons. The van der Waals surface area contributed by atoms with Crippen molar-refractivity contribution >= 4 is 28.8 Å². The Morgan fingerprint density at radius 2 is 2.20 bits per heavy atom. The molecule has 0 saturated heterocycles. The first kappa shape index (κ1) is 15.2. The highest BCUT2D eigenvalue weighted by molar-refractivity contribution is 7.09. The second kappa shape index (κ2) is 7.02. The van der Waals surface area contributed by atoms with E-state index in [-0.39, 0.29) is 0 Å². The molecular weight excluding hydrogens is 292 g/mol. The number of nitrogens with one attached hydrogen (secondary N) is 1. The number of pyridine rings is 1. The van der Waals surface area contributed by atoms with Crippen LogP contribution in [0, 0.1) is 6.92 Å². The van der Waals surface area contributed by atoms with Gasteiger partial charge in [0.2, 0.25) is 0 Å². The van der Waals surface area contributed by atoms with Crippen molar-refractivity contribution in [2.45, 2.75) is 26.9 Å². The maximum Gasteiger partial charge on any atom is 0.129 e. The minimum Gasteiger partial charge on any atom is -0.354 e. The minimum atomic E-state index is 0.691. The third kappa shape index (κ3) is 3.69. The van der Waals surface area contributed by atoms with E-state index in [0.717, 1.165) is 30.3 Å². The molecule has 108 valence electrons. The van der Waals surface area contributed by atoms with Gasteiger partial charge in [-0.2, -0.15) is 0 Å². The number of thiazole rings is 1. The van der Waals surface area contributed by atoms with E-state index < -0.39 is 0 Å². The first-order valence-corrected chi connectivity index (χ1v) is 7.83. The molecule has 0 amide bonds. The molecular formula is C14H19ClN4S. The normalized spacial score (nSPS) is 10.8. The maximum absolute atomic E-state index is 6.18. The van der Waals surface area contributed by atoms with Crippen LogP contribution in [0.25, 0.3) is 0 Å². The summed E-state index contributed by atoms with van der Waals surface area (Å²) >= 11 is 7.85. The van der Waals surface area contributed by atoms with Gasteiger partial charge in [-0.25, -0.2) is 9.97 Å². The number of anilines is 1. The Bertz CT molecular complexity index is 570. The second-order valence-electron chi connectivity index (χ2n) is 4.60. The summed E-state index contributed by atoms with van der Waals surface area (Å²) in [5.41, 5.74) is 3.85. The molecule has 0 aromatic carbocycles. The van der Waals surface area contributed by atoms with Crippen LogP contribution in [-0.4, -0.2) is 23.6 Å². The predicted octanol–water partition coefficient (Wildman–Crippen LogP) is 3.25. The zero-order valence-electron chi connectivity index (χ0n) is 12.0. The topological polar surface area (TPSA) is 41.1 Å². The highest BCUT2D eigenvalue weighted by Gasteiger charge is 2.10.